The molecule has 0 unspecified atom stereocenters. The van der Waals surface area contributed by atoms with E-state index in [1.165, 1.54) is 49.6 Å². The van der Waals surface area contributed by atoms with Gasteiger partial charge in [0, 0.05) is 6.42 Å². The van der Waals surface area contributed by atoms with Crippen molar-refractivity contribution in [2.24, 2.45) is 0 Å². The minimum Gasteiger partial charge on any atom is -0.504 e. The van der Waals surface area contributed by atoms with Gasteiger partial charge < -0.3 is 19.7 Å². The van der Waals surface area contributed by atoms with E-state index in [0.717, 1.165) is 5.57 Å². The van der Waals surface area contributed by atoms with E-state index in [9.17, 15) is 24.6 Å². The number of methoxy groups -OCH3 is 2. The van der Waals surface area contributed by atoms with Gasteiger partial charge >= 0.3 is 0 Å². The Balaban J connectivity index is 0.000000344. The fourth-order valence-corrected chi connectivity index (χ4v) is 3.96. The molecule has 0 aliphatic heterocycles. The standard InChI is InChI=1S/C21H20O6.C15H20O/c1-26-20-11-14(5-9-18(20)24)3-7-16(22)13-17(23)8-4-15-6-10-19(25)21(12-15)27-2;1-11(2)9-15(16)10-13(4)14-7-5-12(3)6-8-14/h3-12,24-25H,13H2,1-2H3;5-9,13H,10H2,1-4H3/b7-3+,8-4+;/t;13-/m.0/s1. The predicted molar refractivity (Wildman–Crippen MR) is 171 cm³/mol. The second-order valence-electron chi connectivity index (χ2n) is 10.3. The molecule has 3 rings (SSSR count). The number of hydrogen-bond acceptors (Lipinski definition) is 7. The smallest absolute Gasteiger partial charge is 0.163 e. The second kappa shape index (κ2) is 17.1. The summed E-state index contributed by atoms with van der Waals surface area (Å²) in [4.78, 5) is 35.5. The van der Waals surface area contributed by atoms with Crippen molar-refractivity contribution in [1.29, 1.82) is 0 Å². The Hall–Kier alpha value is -4.91. The number of phenols is 2. The lowest BCUT2D eigenvalue weighted by molar-refractivity contribution is -0.122. The first kappa shape index (κ1) is 34.3. The predicted octanol–water partition coefficient (Wildman–Crippen LogP) is 7.39. The molecule has 43 heavy (non-hydrogen) atoms. The Bertz CT molecular complexity index is 1420. The molecule has 0 saturated heterocycles. The SMILES string of the molecule is CC(C)=CC(=O)C[C@H](C)c1ccc(C)cc1.COc1cc(/C=C/C(=O)CC(=O)/C=C/c2ccc(O)c(OC)c2)ccc1O. The number of carbonyl (C=O) groups excluding carboxylic acids is 3. The first-order chi connectivity index (χ1) is 20.4. The molecular formula is C36H40O7. The van der Waals surface area contributed by atoms with E-state index in [1.54, 1.807) is 42.5 Å². The number of aryl methyl sites for hydroxylation is 1. The summed E-state index contributed by atoms with van der Waals surface area (Å²) in [5, 5.41) is 19.1. The third-order valence-corrected chi connectivity index (χ3v) is 6.28. The van der Waals surface area contributed by atoms with Crippen molar-refractivity contribution >= 4 is 29.5 Å². The number of carbonyl (C=O) groups is 3. The van der Waals surface area contributed by atoms with Gasteiger partial charge in [0.25, 0.3) is 0 Å². The van der Waals surface area contributed by atoms with E-state index in [4.69, 9.17) is 9.47 Å². The highest BCUT2D eigenvalue weighted by Crippen LogP contribution is 2.27. The Morgan fingerprint density at radius 3 is 1.63 bits per heavy atom. The molecule has 0 aliphatic carbocycles. The van der Waals surface area contributed by atoms with Crippen LogP contribution in [0.2, 0.25) is 0 Å². The maximum atomic E-state index is 11.9. The van der Waals surface area contributed by atoms with Crippen molar-refractivity contribution < 1.29 is 34.1 Å². The van der Waals surface area contributed by atoms with Crippen molar-refractivity contribution in [3.63, 3.8) is 0 Å². The number of ether oxygens (including phenoxy) is 2. The monoisotopic (exact) mass is 584 g/mol. The molecule has 226 valence electrons. The lowest BCUT2D eigenvalue weighted by Gasteiger charge is -2.10. The van der Waals surface area contributed by atoms with Crippen LogP contribution in [0.1, 0.15) is 61.8 Å². The van der Waals surface area contributed by atoms with Gasteiger partial charge in [0.05, 0.1) is 20.6 Å². The van der Waals surface area contributed by atoms with E-state index >= 15 is 0 Å². The van der Waals surface area contributed by atoms with E-state index in [1.807, 2.05) is 13.8 Å². The highest BCUT2D eigenvalue weighted by atomic mass is 16.5. The van der Waals surface area contributed by atoms with Crippen LogP contribution in [0.15, 0.2) is 84.5 Å². The highest BCUT2D eigenvalue weighted by Gasteiger charge is 2.09. The Kier molecular flexibility index (Phi) is 13.7. The lowest BCUT2D eigenvalue weighted by atomic mass is 9.94. The van der Waals surface area contributed by atoms with Crippen LogP contribution < -0.4 is 9.47 Å². The zero-order valence-corrected chi connectivity index (χ0v) is 25.6. The minimum atomic E-state index is -0.347. The van der Waals surface area contributed by atoms with Crippen LogP contribution in [0.5, 0.6) is 23.0 Å². The molecule has 0 radical (unpaired) electrons. The molecule has 0 fully saturated rings. The zero-order chi connectivity index (χ0) is 31.9. The normalized spacial score (nSPS) is 11.4. The van der Waals surface area contributed by atoms with Crippen LogP contribution in [-0.2, 0) is 14.4 Å². The molecule has 2 N–H and O–H groups in total. The Morgan fingerprint density at radius 1 is 0.744 bits per heavy atom. The van der Waals surface area contributed by atoms with Crippen LogP contribution in [0.25, 0.3) is 12.2 Å². The van der Waals surface area contributed by atoms with E-state index in [0.29, 0.717) is 35.0 Å². The first-order valence-corrected chi connectivity index (χ1v) is 13.8. The summed E-state index contributed by atoms with van der Waals surface area (Å²) in [6.45, 7) is 8.08. The number of rotatable bonds is 12. The van der Waals surface area contributed by atoms with Crippen molar-refractivity contribution in [2.75, 3.05) is 14.2 Å². The Labute approximate surface area is 253 Å². The largest absolute Gasteiger partial charge is 0.504 e. The molecule has 7 nitrogen and oxygen atoms in total. The van der Waals surface area contributed by atoms with Gasteiger partial charge in [-0.25, -0.2) is 0 Å². The molecule has 3 aromatic carbocycles. The molecular weight excluding hydrogens is 544 g/mol. The summed E-state index contributed by atoms with van der Waals surface area (Å²) in [5.41, 5.74) is 4.89. The van der Waals surface area contributed by atoms with Gasteiger partial charge in [-0.15, -0.1) is 0 Å². The van der Waals surface area contributed by atoms with Crippen LogP contribution in [0.4, 0.5) is 0 Å². The Morgan fingerprint density at radius 2 is 1.21 bits per heavy atom. The molecule has 7 heteroatoms. The maximum Gasteiger partial charge on any atom is 0.163 e. The van der Waals surface area contributed by atoms with Gasteiger partial charge in [-0.1, -0.05) is 66.6 Å². The van der Waals surface area contributed by atoms with E-state index in [-0.39, 0.29) is 35.3 Å². The number of benzene rings is 3. The van der Waals surface area contributed by atoms with Gasteiger partial charge in [0.15, 0.2) is 40.3 Å². The average Bonchev–Trinajstić information content (AvgIpc) is 2.96. The van der Waals surface area contributed by atoms with Crippen molar-refractivity contribution in [1.82, 2.24) is 0 Å². The number of hydrogen-bond donors (Lipinski definition) is 2. The first-order valence-electron chi connectivity index (χ1n) is 13.8. The van der Waals surface area contributed by atoms with Crippen LogP contribution >= 0.6 is 0 Å². The summed E-state index contributed by atoms with van der Waals surface area (Å²) in [5.74, 6) is 0.428. The van der Waals surface area contributed by atoms with Crippen LogP contribution in [0.3, 0.4) is 0 Å². The molecule has 1 atom stereocenters. The fraction of sp³-hybridized carbons (Fsp3) is 0.250. The zero-order valence-electron chi connectivity index (χ0n) is 25.6. The third kappa shape index (κ3) is 12.2. The minimum absolute atomic E-state index is 0.00662. The van der Waals surface area contributed by atoms with Crippen LogP contribution in [0, 0.1) is 6.92 Å². The quantitative estimate of drug-likeness (QED) is 0.169. The topological polar surface area (TPSA) is 110 Å². The average molecular weight is 585 g/mol. The van der Waals surface area contributed by atoms with E-state index in [2.05, 4.69) is 38.1 Å². The molecule has 0 aliphatic rings. The highest BCUT2D eigenvalue weighted by molar-refractivity contribution is 6.10. The number of phenolic OH excluding ortho intramolecular Hbond substituents is 2. The fourth-order valence-electron chi connectivity index (χ4n) is 3.96. The second-order valence-corrected chi connectivity index (χ2v) is 10.3. The molecule has 0 amide bonds. The van der Waals surface area contributed by atoms with Gasteiger partial charge in [-0.2, -0.15) is 0 Å². The molecule has 0 aromatic heterocycles. The van der Waals surface area contributed by atoms with Crippen LogP contribution in [-0.4, -0.2) is 41.8 Å². The molecule has 0 heterocycles. The van der Waals surface area contributed by atoms with Gasteiger partial charge in [0.2, 0.25) is 0 Å². The lowest BCUT2D eigenvalue weighted by Crippen LogP contribution is -2.02. The molecule has 3 aromatic rings. The number of ketones is 3. The summed E-state index contributed by atoms with van der Waals surface area (Å²) in [7, 11) is 2.87. The van der Waals surface area contributed by atoms with Crippen molar-refractivity contribution in [2.45, 2.75) is 46.5 Å². The van der Waals surface area contributed by atoms with Crippen molar-refractivity contribution in [3.05, 3.63) is 107 Å². The van der Waals surface area contributed by atoms with Crippen molar-refractivity contribution in [3.8, 4) is 23.0 Å². The number of aromatic hydroxyl groups is 2. The van der Waals surface area contributed by atoms with Gasteiger partial charge in [-0.3, -0.25) is 14.4 Å². The molecule has 0 bridgehead atoms. The maximum absolute atomic E-state index is 11.9. The van der Waals surface area contributed by atoms with E-state index < -0.39 is 0 Å². The summed E-state index contributed by atoms with van der Waals surface area (Å²) < 4.78 is 10.00. The summed E-state index contributed by atoms with van der Waals surface area (Å²) in [6.07, 6.45) is 7.76. The van der Waals surface area contributed by atoms with Gasteiger partial charge in [-0.05, 0) is 85.9 Å². The number of allylic oxidation sites excluding steroid dienone is 4. The molecule has 0 saturated carbocycles. The third-order valence-electron chi connectivity index (χ3n) is 6.28. The molecule has 0 spiro atoms. The van der Waals surface area contributed by atoms with Gasteiger partial charge in [0.1, 0.15) is 0 Å². The summed E-state index contributed by atoms with van der Waals surface area (Å²) >= 11 is 0. The summed E-state index contributed by atoms with van der Waals surface area (Å²) in [6, 6.07) is 17.7.